The first-order valence-electron chi connectivity index (χ1n) is 5.10. The van der Waals surface area contributed by atoms with Crippen molar-refractivity contribution >= 4 is 17.4 Å². The number of halogens is 1. The van der Waals surface area contributed by atoms with E-state index in [9.17, 15) is 4.79 Å². The van der Waals surface area contributed by atoms with E-state index in [1.165, 1.54) is 18.0 Å². The molecule has 0 amide bonds. The molecule has 7 heteroatoms. The van der Waals surface area contributed by atoms with E-state index in [1.54, 1.807) is 7.11 Å². The number of nitrogens with two attached hydrogens (primary N) is 1. The topological polar surface area (TPSA) is 79.4 Å². The zero-order valence-corrected chi connectivity index (χ0v) is 10.6. The zero-order valence-electron chi connectivity index (χ0n) is 9.85. The second-order valence-electron chi connectivity index (χ2n) is 3.48. The molecule has 1 heterocycles. The number of aromatic nitrogens is 2. The molecule has 1 atom stereocenters. The van der Waals surface area contributed by atoms with E-state index in [0.29, 0.717) is 18.8 Å². The van der Waals surface area contributed by atoms with E-state index in [4.69, 9.17) is 26.8 Å². The molecule has 1 rings (SSSR count). The summed E-state index contributed by atoms with van der Waals surface area (Å²) in [5.74, 6) is -0.287. The van der Waals surface area contributed by atoms with Crippen LogP contribution in [0.1, 0.15) is 10.5 Å². The summed E-state index contributed by atoms with van der Waals surface area (Å²) in [6, 6.07) is -0.740. The Kier molecular flexibility index (Phi) is 5.57. The number of hydrogen-bond acceptors (Lipinski definition) is 5. The fourth-order valence-corrected chi connectivity index (χ4v) is 1.62. The lowest BCUT2D eigenvalue weighted by atomic mass is 10.1. The molecule has 17 heavy (non-hydrogen) atoms. The van der Waals surface area contributed by atoms with Gasteiger partial charge >= 0.3 is 0 Å². The van der Waals surface area contributed by atoms with Gasteiger partial charge < -0.3 is 15.2 Å². The quantitative estimate of drug-likeness (QED) is 0.716. The van der Waals surface area contributed by atoms with Crippen LogP contribution in [0.5, 0.6) is 0 Å². The van der Waals surface area contributed by atoms with E-state index in [0.717, 1.165) is 0 Å². The number of rotatable bonds is 7. The molecule has 1 unspecified atom stereocenters. The Morgan fingerprint density at radius 3 is 2.88 bits per heavy atom. The molecule has 0 saturated carbocycles. The van der Waals surface area contributed by atoms with Crippen LogP contribution in [0.15, 0.2) is 6.20 Å². The van der Waals surface area contributed by atoms with Crippen molar-refractivity contribution in [2.75, 3.05) is 27.4 Å². The average Bonchev–Trinajstić information content (AvgIpc) is 2.67. The van der Waals surface area contributed by atoms with Gasteiger partial charge in [0.25, 0.3) is 0 Å². The van der Waals surface area contributed by atoms with Gasteiger partial charge in [-0.2, -0.15) is 5.10 Å². The molecule has 0 aliphatic carbocycles. The van der Waals surface area contributed by atoms with Crippen LogP contribution in [0.3, 0.4) is 0 Å². The third kappa shape index (κ3) is 3.50. The molecule has 0 saturated heterocycles. The normalized spacial score (nSPS) is 12.7. The Hall–Kier alpha value is -0.950. The Balaban J connectivity index is 2.87. The van der Waals surface area contributed by atoms with E-state index >= 15 is 0 Å². The van der Waals surface area contributed by atoms with Crippen LogP contribution in [0.25, 0.3) is 0 Å². The summed E-state index contributed by atoms with van der Waals surface area (Å²) in [5.41, 5.74) is 5.98. The first-order valence-corrected chi connectivity index (χ1v) is 5.48. The highest BCUT2D eigenvalue weighted by Gasteiger charge is 2.23. The highest BCUT2D eigenvalue weighted by Crippen LogP contribution is 2.16. The summed E-state index contributed by atoms with van der Waals surface area (Å²) in [4.78, 5) is 12.0. The number of methoxy groups -OCH3 is 2. The lowest BCUT2D eigenvalue weighted by Crippen LogP contribution is -2.36. The van der Waals surface area contributed by atoms with Crippen molar-refractivity contribution in [1.29, 1.82) is 0 Å². The molecule has 1 aromatic heterocycles. The fraction of sp³-hybridized carbons (Fsp3) is 0.600. The predicted molar refractivity (Wildman–Crippen MR) is 63.3 cm³/mol. The second kappa shape index (κ2) is 6.70. The number of nitrogens with zero attached hydrogens (tertiary/aromatic N) is 2. The van der Waals surface area contributed by atoms with Crippen LogP contribution in [0, 0.1) is 0 Å². The average molecular weight is 262 g/mol. The SMILES string of the molecule is COCCn1ncc(Cl)c1C(=O)C(N)COC. The van der Waals surface area contributed by atoms with Crippen LogP contribution in [-0.2, 0) is 16.0 Å². The number of ketones is 1. The van der Waals surface area contributed by atoms with E-state index in [1.807, 2.05) is 0 Å². The van der Waals surface area contributed by atoms with Gasteiger partial charge in [-0.05, 0) is 0 Å². The minimum atomic E-state index is -0.740. The van der Waals surface area contributed by atoms with Crippen LogP contribution >= 0.6 is 11.6 Å². The van der Waals surface area contributed by atoms with Crippen molar-refractivity contribution in [2.24, 2.45) is 5.73 Å². The Labute approximate surface area is 105 Å². The Morgan fingerprint density at radius 1 is 1.59 bits per heavy atom. The van der Waals surface area contributed by atoms with Crippen LogP contribution < -0.4 is 5.73 Å². The minimum absolute atomic E-state index is 0.143. The molecule has 0 bridgehead atoms. The van der Waals surface area contributed by atoms with Gasteiger partial charge in [0.2, 0.25) is 5.78 Å². The van der Waals surface area contributed by atoms with Gasteiger partial charge in [-0.25, -0.2) is 0 Å². The first kappa shape index (κ1) is 14.1. The van der Waals surface area contributed by atoms with Crippen molar-refractivity contribution in [3.63, 3.8) is 0 Å². The zero-order chi connectivity index (χ0) is 12.8. The molecule has 0 aromatic carbocycles. The summed E-state index contributed by atoms with van der Waals surface area (Å²) >= 11 is 5.92. The van der Waals surface area contributed by atoms with Crippen molar-refractivity contribution in [2.45, 2.75) is 12.6 Å². The molecule has 0 aliphatic rings. The maximum absolute atomic E-state index is 12.0. The van der Waals surface area contributed by atoms with Crippen LogP contribution in [0.2, 0.25) is 5.02 Å². The van der Waals surface area contributed by atoms with Gasteiger partial charge in [-0.1, -0.05) is 11.6 Å². The second-order valence-corrected chi connectivity index (χ2v) is 3.89. The van der Waals surface area contributed by atoms with Gasteiger partial charge in [-0.3, -0.25) is 9.48 Å². The Morgan fingerprint density at radius 2 is 2.29 bits per heavy atom. The number of Topliss-reactive ketones (excluding diaryl/α,β-unsaturated/α-hetero) is 1. The van der Waals surface area contributed by atoms with Crippen LogP contribution in [-0.4, -0.2) is 49.0 Å². The third-order valence-corrected chi connectivity index (χ3v) is 2.49. The van der Waals surface area contributed by atoms with E-state index in [2.05, 4.69) is 5.10 Å². The summed E-state index contributed by atoms with van der Waals surface area (Å²) in [6.45, 7) is 1.03. The maximum atomic E-state index is 12.0. The van der Waals surface area contributed by atoms with Crippen molar-refractivity contribution < 1.29 is 14.3 Å². The largest absolute Gasteiger partial charge is 0.383 e. The number of carbonyl (C=O) groups excluding carboxylic acids is 1. The molecule has 96 valence electrons. The molecule has 2 N–H and O–H groups in total. The maximum Gasteiger partial charge on any atom is 0.201 e. The summed E-state index contributed by atoms with van der Waals surface area (Å²) in [6.07, 6.45) is 1.42. The third-order valence-electron chi connectivity index (χ3n) is 2.22. The van der Waals surface area contributed by atoms with Crippen molar-refractivity contribution in [1.82, 2.24) is 9.78 Å². The molecule has 1 aromatic rings. The monoisotopic (exact) mass is 261 g/mol. The van der Waals surface area contributed by atoms with E-state index < -0.39 is 6.04 Å². The van der Waals surface area contributed by atoms with Crippen molar-refractivity contribution in [3.8, 4) is 0 Å². The molecule has 0 aliphatic heterocycles. The number of carbonyl (C=O) groups is 1. The fourth-order valence-electron chi connectivity index (χ4n) is 1.39. The first-order chi connectivity index (χ1) is 8.11. The van der Waals surface area contributed by atoms with Gasteiger partial charge in [0.1, 0.15) is 5.69 Å². The molecular formula is C10H16ClN3O3. The Bertz CT molecular complexity index is 381. The lowest BCUT2D eigenvalue weighted by molar-refractivity contribution is 0.0878. The predicted octanol–water partition coefficient (Wildman–Crippen LogP) is 0.339. The summed E-state index contributed by atoms with van der Waals surface area (Å²) < 4.78 is 11.3. The molecular weight excluding hydrogens is 246 g/mol. The molecule has 6 nitrogen and oxygen atoms in total. The van der Waals surface area contributed by atoms with Gasteiger partial charge in [-0.15, -0.1) is 0 Å². The number of hydrogen-bond donors (Lipinski definition) is 1. The number of ether oxygens (including phenoxy) is 2. The highest BCUT2D eigenvalue weighted by molar-refractivity contribution is 6.33. The van der Waals surface area contributed by atoms with Crippen molar-refractivity contribution in [3.05, 3.63) is 16.9 Å². The molecule has 0 fully saturated rings. The summed E-state index contributed by atoms with van der Waals surface area (Å²) in [7, 11) is 3.06. The highest BCUT2D eigenvalue weighted by atomic mass is 35.5. The standard InChI is InChI=1S/C10H16ClN3O3/c1-16-4-3-14-9(7(11)5-13-14)10(15)8(12)6-17-2/h5,8H,3-4,6,12H2,1-2H3. The van der Waals surface area contributed by atoms with Gasteiger partial charge in [0.15, 0.2) is 0 Å². The smallest absolute Gasteiger partial charge is 0.201 e. The molecule has 0 radical (unpaired) electrons. The van der Waals surface area contributed by atoms with E-state index in [-0.39, 0.29) is 17.4 Å². The van der Waals surface area contributed by atoms with Gasteiger partial charge in [0, 0.05) is 14.2 Å². The molecule has 0 spiro atoms. The van der Waals surface area contributed by atoms with Crippen LogP contribution in [0.4, 0.5) is 0 Å². The van der Waals surface area contributed by atoms with Gasteiger partial charge in [0.05, 0.1) is 37.0 Å². The summed E-state index contributed by atoms with van der Waals surface area (Å²) in [5, 5.41) is 4.29. The lowest BCUT2D eigenvalue weighted by Gasteiger charge is -2.11. The minimum Gasteiger partial charge on any atom is -0.383 e.